The van der Waals surface area contributed by atoms with Crippen molar-refractivity contribution in [2.24, 2.45) is 0 Å². The lowest BCUT2D eigenvalue weighted by molar-refractivity contribution is 0.0948. The number of rotatable bonds is 9. The van der Waals surface area contributed by atoms with E-state index in [-0.39, 0.29) is 5.91 Å². The Morgan fingerprint density at radius 3 is 2.45 bits per heavy atom. The number of ether oxygens (including phenoxy) is 3. The van der Waals surface area contributed by atoms with Gasteiger partial charge in [-0.2, -0.15) is 0 Å². The van der Waals surface area contributed by atoms with Gasteiger partial charge in [-0.15, -0.1) is 10.2 Å². The summed E-state index contributed by atoms with van der Waals surface area (Å²) >= 11 is 0. The van der Waals surface area contributed by atoms with E-state index < -0.39 is 0 Å². The molecule has 150 valence electrons. The molecule has 1 aromatic heterocycles. The SMILES string of the molecule is COCCCNC(=O)c1ccc(-c2ccc(Oc3cccc(OC)c3)nn2)cc1. The molecule has 0 aliphatic rings. The summed E-state index contributed by atoms with van der Waals surface area (Å²) in [7, 11) is 3.24. The van der Waals surface area contributed by atoms with E-state index in [1.807, 2.05) is 36.4 Å². The predicted octanol–water partition coefficient (Wildman–Crippen LogP) is 3.71. The van der Waals surface area contributed by atoms with Gasteiger partial charge in [0.2, 0.25) is 5.88 Å². The molecule has 7 heteroatoms. The zero-order chi connectivity index (χ0) is 20.5. The van der Waals surface area contributed by atoms with E-state index in [1.165, 1.54) is 0 Å². The van der Waals surface area contributed by atoms with Crippen LogP contribution in [0.1, 0.15) is 16.8 Å². The number of carbonyl (C=O) groups is 1. The molecule has 0 bridgehead atoms. The maximum absolute atomic E-state index is 12.1. The van der Waals surface area contributed by atoms with Crippen LogP contribution in [0.25, 0.3) is 11.3 Å². The largest absolute Gasteiger partial charge is 0.497 e. The summed E-state index contributed by atoms with van der Waals surface area (Å²) in [6.07, 6.45) is 0.778. The van der Waals surface area contributed by atoms with Gasteiger partial charge in [0.05, 0.1) is 12.8 Å². The van der Waals surface area contributed by atoms with E-state index in [1.54, 1.807) is 38.5 Å². The molecule has 0 atom stereocenters. The Hall–Kier alpha value is -3.45. The topological polar surface area (TPSA) is 82.6 Å². The second kappa shape index (κ2) is 10.2. The maximum atomic E-state index is 12.1. The van der Waals surface area contributed by atoms with E-state index in [9.17, 15) is 4.79 Å². The molecule has 0 aliphatic heterocycles. The van der Waals surface area contributed by atoms with Crippen LogP contribution in [0, 0.1) is 0 Å². The highest BCUT2D eigenvalue weighted by Crippen LogP contribution is 2.25. The van der Waals surface area contributed by atoms with Crippen LogP contribution in [0.3, 0.4) is 0 Å². The fourth-order valence-electron chi connectivity index (χ4n) is 2.63. The molecule has 3 aromatic rings. The van der Waals surface area contributed by atoms with Crippen LogP contribution >= 0.6 is 0 Å². The lowest BCUT2D eigenvalue weighted by Crippen LogP contribution is -2.25. The highest BCUT2D eigenvalue weighted by Gasteiger charge is 2.07. The van der Waals surface area contributed by atoms with E-state index in [0.29, 0.717) is 41.8 Å². The predicted molar refractivity (Wildman–Crippen MR) is 109 cm³/mol. The van der Waals surface area contributed by atoms with Crippen molar-refractivity contribution >= 4 is 5.91 Å². The average Bonchev–Trinajstić information content (AvgIpc) is 2.77. The van der Waals surface area contributed by atoms with Gasteiger partial charge in [-0.3, -0.25) is 4.79 Å². The molecule has 0 unspecified atom stereocenters. The smallest absolute Gasteiger partial charge is 0.251 e. The summed E-state index contributed by atoms with van der Waals surface area (Å²) in [5, 5.41) is 11.2. The van der Waals surface area contributed by atoms with E-state index >= 15 is 0 Å². The Morgan fingerprint density at radius 1 is 0.966 bits per heavy atom. The number of benzene rings is 2. The average molecular weight is 393 g/mol. The summed E-state index contributed by atoms with van der Waals surface area (Å²) < 4.78 is 15.8. The molecule has 0 spiro atoms. The van der Waals surface area contributed by atoms with Gasteiger partial charge in [0.15, 0.2) is 0 Å². The Kier molecular flexibility index (Phi) is 7.13. The second-order valence-electron chi connectivity index (χ2n) is 6.22. The minimum absolute atomic E-state index is 0.110. The highest BCUT2D eigenvalue weighted by atomic mass is 16.5. The van der Waals surface area contributed by atoms with Gasteiger partial charge in [-0.1, -0.05) is 18.2 Å². The Balaban J connectivity index is 1.61. The molecule has 0 aliphatic carbocycles. The number of nitrogens with one attached hydrogen (secondary N) is 1. The first-order valence-corrected chi connectivity index (χ1v) is 9.23. The van der Waals surface area contributed by atoms with Crippen LogP contribution in [-0.4, -0.2) is 43.5 Å². The van der Waals surface area contributed by atoms with Gasteiger partial charge in [-0.05, 0) is 36.8 Å². The molecule has 29 heavy (non-hydrogen) atoms. The van der Waals surface area contributed by atoms with Crippen molar-refractivity contribution in [3.8, 4) is 28.6 Å². The standard InChI is InChI=1S/C22H23N3O4/c1-27-14-4-13-23-22(26)17-9-7-16(8-10-17)20-11-12-21(25-24-20)29-19-6-3-5-18(15-19)28-2/h3,5-12,15H,4,13-14H2,1-2H3,(H,23,26). The summed E-state index contributed by atoms with van der Waals surface area (Å²) in [6, 6.07) is 18.1. The van der Waals surface area contributed by atoms with Gasteiger partial charge in [0, 0.05) is 43.5 Å². The molecule has 0 saturated heterocycles. The second-order valence-corrected chi connectivity index (χ2v) is 6.22. The maximum Gasteiger partial charge on any atom is 0.251 e. The van der Waals surface area contributed by atoms with E-state index in [0.717, 1.165) is 12.0 Å². The molecule has 0 radical (unpaired) electrons. The summed E-state index contributed by atoms with van der Waals surface area (Å²) in [5.74, 6) is 1.59. The fraction of sp³-hybridized carbons (Fsp3) is 0.227. The first-order chi connectivity index (χ1) is 14.2. The first kappa shape index (κ1) is 20.3. The molecular formula is C22H23N3O4. The number of aromatic nitrogens is 2. The van der Waals surface area contributed by atoms with Crippen LogP contribution < -0.4 is 14.8 Å². The third-order valence-electron chi connectivity index (χ3n) is 4.16. The van der Waals surface area contributed by atoms with Crippen molar-refractivity contribution < 1.29 is 19.0 Å². The lowest BCUT2D eigenvalue weighted by Gasteiger charge is -2.07. The number of methoxy groups -OCH3 is 2. The lowest BCUT2D eigenvalue weighted by atomic mass is 10.1. The highest BCUT2D eigenvalue weighted by molar-refractivity contribution is 5.94. The molecule has 7 nitrogen and oxygen atoms in total. The van der Waals surface area contributed by atoms with E-state index in [2.05, 4.69) is 15.5 Å². The summed E-state index contributed by atoms with van der Waals surface area (Å²) in [4.78, 5) is 12.1. The van der Waals surface area contributed by atoms with Gasteiger partial charge < -0.3 is 19.5 Å². The van der Waals surface area contributed by atoms with Crippen molar-refractivity contribution in [2.45, 2.75) is 6.42 Å². The van der Waals surface area contributed by atoms with Gasteiger partial charge in [0.25, 0.3) is 5.91 Å². The molecular weight excluding hydrogens is 370 g/mol. The van der Waals surface area contributed by atoms with Crippen LogP contribution in [0.5, 0.6) is 17.4 Å². The number of nitrogens with zero attached hydrogens (tertiary/aromatic N) is 2. The van der Waals surface area contributed by atoms with E-state index in [4.69, 9.17) is 14.2 Å². The third-order valence-corrected chi connectivity index (χ3v) is 4.16. The van der Waals surface area contributed by atoms with Crippen LogP contribution in [-0.2, 0) is 4.74 Å². The molecule has 2 aromatic carbocycles. The Morgan fingerprint density at radius 2 is 1.76 bits per heavy atom. The molecule has 3 rings (SSSR count). The number of amides is 1. The van der Waals surface area contributed by atoms with Crippen LogP contribution in [0.15, 0.2) is 60.7 Å². The third kappa shape index (κ3) is 5.76. The fourth-order valence-corrected chi connectivity index (χ4v) is 2.63. The molecule has 1 N–H and O–H groups in total. The van der Waals surface area contributed by atoms with Gasteiger partial charge in [0.1, 0.15) is 11.5 Å². The molecule has 0 saturated carbocycles. The quantitative estimate of drug-likeness (QED) is 0.558. The van der Waals surface area contributed by atoms with Gasteiger partial charge in [-0.25, -0.2) is 0 Å². The Bertz CT molecular complexity index is 928. The van der Waals surface area contributed by atoms with Crippen molar-refractivity contribution in [3.63, 3.8) is 0 Å². The first-order valence-electron chi connectivity index (χ1n) is 9.23. The van der Waals surface area contributed by atoms with Crippen LogP contribution in [0.4, 0.5) is 0 Å². The minimum Gasteiger partial charge on any atom is -0.497 e. The van der Waals surface area contributed by atoms with Gasteiger partial charge >= 0.3 is 0 Å². The Labute approximate surface area is 169 Å². The normalized spacial score (nSPS) is 10.4. The minimum atomic E-state index is -0.110. The number of carbonyl (C=O) groups excluding carboxylic acids is 1. The monoisotopic (exact) mass is 393 g/mol. The van der Waals surface area contributed by atoms with Crippen molar-refractivity contribution in [3.05, 3.63) is 66.2 Å². The summed E-state index contributed by atoms with van der Waals surface area (Å²) in [6.45, 7) is 1.20. The molecule has 1 heterocycles. The number of hydrogen-bond acceptors (Lipinski definition) is 6. The molecule has 0 fully saturated rings. The summed E-state index contributed by atoms with van der Waals surface area (Å²) in [5.41, 5.74) is 2.15. The zero-order valence-corrected chi connectivity index (χ0v) is 16.4. The number of hydrogen-bond donors (Lipinski definition) is 1. The van der Waals surface area contributed by atoms with Crippen molar-refractivity contribution in [2.75, 3.05) is 27.4 Å². The van der Waals surface area contributed by atoms with Crippen molar-refractivity contribution in [1.29, 1.82) is 0 Å². The van der Waals surface area contributed by atoms with Crippen LogP contribution in [0.2, 0.25) is 0 Å². The van der Waals surface area contributed by atoms with Crippen molar-refractivity contribution in [1.82, 2.24) is 15.5 Å². The molecule has 1 amide bonds. The zero-order valence-electron chi connectivity index (χ0n) is 16.4.